The Bertz CT molecular complexity index is 1100. The summed E-state index contributed by atoms with van der Waals surface area (Å²) in [4.78, 5) is 23.8. The van der Waals surface area contributed by atoms with Crippen molar-refractivity contribution in [2.45, 2.75) is 46.3 Å². The van der Waals surface area contributed by atoms with E-state index in [1.807, 2.05) is 11.0 Å². The molecule has 1 aromatic carbocycles. The Kier molecular flexibility index (Phi) is 6.45. The Morgan fingerprint density at radius 1 is 1.29 bits per heavy atom. The number of aliphatic hydroxyl groups excluding tert-OH is 1. The smallest absolute Gasteiger partial charge is 0.254 e. The molecule has 0 bridgehead atoms. The average Bonchev–Trinajstić information content (AvgIpc) is 3.30. The molecule has 2 aromatic rings. The predicted octanol–water partition coefficient (Wildman–Crippen LogP) is 3.43. The number of benzene rings is 1. The highest BCUT2D eigenvalue weighted by Crippen LogP contribution is 2.55. The van der Waals surface area contributed by atoms with E-state index in [1.165, 1.54) is 0 Å². The highest BCUT2D eigenvalue weighted by molar-refractivity contribution is 6.31. The van der Waals surface area contributed by atoms with Gasteiger partial charge in [-0.3, -0.25) is 4.79 Å². The van der Waals surface area contributed by atoms with E-state index in [9.17, 15) is 9.90 Å². The first-order chi connectivity index (χ1) is 16.1. The third-order valence-electron chi connectivity index (χ3n) is 7.16. The molecule has 1 aromatic heterocycles. The van der Waals surface area contributed by atoms with Gasteiger partial charge in [-0.05, 0) is 18.6 Å². The minimum absolute atomic E-state index is 0.144. The van der Waals surface area contributed by atoms with Gasteiger partial charge >= 0.3 is 0 Å². The molecular weight excluding hydrogens is 454 g/mol. The van der Waals surface area contributed by atoms with Gasteiger partial charge in [0.25, 0.3) is 5.91 Å². The van der Waals surface area contributed by atoms with Crippen molar-refractivity contribution >= 4 is 23.5 Å². The van der Waals surface area contributed by atoms with Crippen LogP contribution in [0.3, 0.4) is 0 Å². The number of nitrogens with one attached hydrogen (secondary N) is 1. The predicted molar refractivity (Wildman–Crippen MR) is 129 cm³/mol. The Labute approximate surface area is 204 Å². The molecule has 180 valence electrons. The van der Waals surface area contributed by atoms with Crippen LogP contribution in [0.25, 0.3) is 0 Å². The molecule has 1 aliphatic carbocycles. The van der Waals surface area contributed by atoms with Gasteiger partial charge in [-0.2, -0.15) is 5.26 Å². The Morgan fingerprint density at radius 3 is 2.53 bits per heavy atom. The monoisotopic (exact) mass is 483 g/mol. The molecule has 1 atom stereocenters. The van der Waals surface area contributed by atoms with Gasteiger partial charge in [0.05, 0.1) is 16.1 Å². The summed E-state index contributed by atoms with van der Waals surface area (Å²) in [6.07, 6.45) is 3.83. The van der Waals surface area contributed by atoms with Crippen LogP contribution in [0.1, 0.15) is 50.0 Å². The molecule has 1 amide bonds. The largest absolute Gasteiger partial charge is 0.489 e. The van der Waals surface area contributed by atoms with Gasteiger partial charge in [-0.15, -0.1) is 0 Å². The molecule has 9 heteroatoms. The van der Waals surface area contributed by atoms with Crippen LogP contribution in [0.4, 0.5) is 5.95 Å². The average molecular weight is 484 g/mol. The number of ether oxygens (including phenoxy) is 1. The maximum absolute atomic E-state index is 13.0. The van der Waals surface area contributed by atoms with E-state index in [2.05, 4.69) is 43.0 Å². The third-order valence-corrected chi connectivity index (χ3v) is 7.47. The summed E-state index contributed by atoms with van der Waals surface area (Å²) in [6.45, 7) is 9.92. The lowest BCUT2D eigenvalue weighted by molar-refractivity contribution is -0.164. The molecule has 4 rings (SSSR count). The first-order valence-electron chi connectivity index (χ1n) is 11.4. The summed E-state index contributed by atoms with van der Waals surface area (Å²) in [5.74, 6) is 1.18. The van der Waals surface area contributed by atoms with E-state index >= 15 is 0 Å². The van der Waals surface area contributed by atoms with Crippen molar-refractivity contribution in [2.24, 2.45) is 16.7 Å². The van der Waals surface area contributed by atoms with Gasteiger partial charge in [0.1, 0.15) is 17.9 Å². The number of hydrogen-bond acceptors (Lipinski definition) is 7. The van der Waals surface area contributed by atoms with Crippen molar-refractivity contribution in [3.05, 3.63) is 46.7 Å². The van der Waals surface area contributed by atoms with E-state index in [0.29, 0.717) is 27.8 Å². The minimum atomic E-state index is -0.352. The molecule has 2 aliphatic rings. The van der Waals surface area contributed by atoms with Crippen LogP contribution in [-0.4, -0.2) is 52.8 Å². The van der Waals surface area contributed by atoms with Gasteiger partial charge in [0.2, 0.25) is 5.95 Å². The zero-order valence-electron chi connectivity index (χ0n) is 19.9. The van der Waals surface area contributed by atoms with Crippen LogP contribution < -0.4 is 15.0 Å². The molecule has 0 radical (unpaired) electrons. The topological polar surface area (TPSA) is 111 Å². The lowest BCUT2D eigenvalue weighted by Crippen LogP contribution is -2.74. The minimum Gasteiger partial charge on any atom is -0.489 e. The Balaban J connectivity index is 1.42. The molecule has 2 heterocycles. The fourth-order valence-corrected chi connectivity index (χ4v) is 5.79. The number of carbonyl (C=O) groups excluding carboxylic acids is 1. The number of anilines is 1. The van der Waals surface area contributed by atoms with Crippen LogP contribution >= 0.6 is 11.6 Å². The first-order valence-corrected chi connectivity index (χ1v) is 11.8. The van der Waals surface area contributed by atoms with Gasteiger partial charge in [-0.25, -0.2) is 9.97 Å². The van der Waals surface area contributed by atoms with E-state index in [-0.39, 0.29) is 41.4 Å². The van der Waals surface area contributed by atoms with Crippen LogP contribution in [0.2, 0.25) is 5.02 Å². The summed E-state index contributed by atoms with van der Waals surface area (Å²) < 4.78 is 6.28. The van der Waals surface area contributed by atoms with Gasteiger partial charge in [-0.1, -0.05) is 39.3 Å². The number of aliphatic hydroxyl groups is 1. The maximum Gasteiger partial charge on any atom is 0.254 e. The Morgan fingerprint density at radius 2 is 1.97 bits per heavy atom. The first kappa shape index (κ1) is 24.2. The van der Waals surface area contributed by atoms with Crippen molar-refractivity contribution in [1.82, 2.24) is 15.3 Å². The second kappa shape index (κ2) is 9.05. The van der Waals surface area contributed by atoms with Crippen LogP contribution in [0.5, 0.6) is 5.75 Å². The molecule has 8 nitrogen and oxygen atoms in total. The molecule has 2 fully saturated rings. The van der Waals surface area contributed by atoms with E-state index < -0.39 is 0 Å². The SMILES string of the molecule is CC1(C)C(NC(=O)c2cnc(N3CC[C@H](CO)C3)nc2)C(C)(C)C1Oc1ccc(C#N)c(Cl)c1. The third kappa shape index (κ3) is 4.30. The van der Waals surface area contributed by atoms with Crippen molar-refractivity contribution in [1.29, 1.82) is 5.26 Å². The summed E-state index contributed by atoms with van der Waals surface area (Å²) >= 11 is 6.16. The fraction of sp³-hybridized carbons (Fsp3) is 0.520. The summed E-state index contributed by atoms with van der Waals surface area (Å²) in [7, 11) is 0. The lowest BCUT2D eigenvalue weighted by atomic mass is 9.49. The van der Waals surface area contributed by atoms with Gasteiger partial charge < -0.3 is 20.1 Å². The standard InChI is InChI=1S/C25H30ClN5O3/c1-24(2)21(25(3,4)22(24)34-18-6-5-16(10-27)19(26)9-18)30-20(33)17-11-28-23(29-12-17)31-8-7-15(13-31)14-32/h5-6,9,11-12,15,21-22,32H,7-8,13-14H2,1-4H3,(H,30,33)/t15-,21?,22?/m0/s1. The number of carbonyl (C=O) groups is 1. The molecule has 0 unspecified atom stereocenters. The van der Waals surface area contributed by atoms with Crippen LogP contribution in [0.15, 0.2) is 30.6 Å². The molecule has 1 saturated heterocycles. The number of nitriles is 1. The quantitative estimate of drug-likeness (QED) is 0.647. The van der Waals surface area contributed by atoms with Crippen molar-refractivity contribution in [3.63, 3.8) is 0 Å². The fourth-order valence-electron chi connectivity index (χ4n) is 5.58. The maximum atomic E-state index is 13.0. The van der Waals surface area contributed by atoms with Gasteiger partial charge in [0.15, 0.2) is 0 Å². The molecule has 2 N–H and O–H groups in total. The molecular formula is C25H30ClN5O3. The summed E-state index contributed by atoms with van der Waals surface area (Å²) in [6, 6.07) is 6.94. The Hall–Kier alpha value is -2.89. The van der Waals surface area contributed by atoms with Crippen molar-refractivity contribution < 1.29 is 14.6 Å². The normalized spacial score (nSPS) is 24.7. The molecule has 34 heavy (non-hydrogen) atoms. The number of rotatable bonds is 6. The second-order valence-electron chi connectivity index (χ2n) is 10.4. The van der Waals surface area contributed by atoms with E-state index in [4.69, 9.17) is 21.6 Å². The summed E-state index contributed by atoms with van der Waals surface area (Å²) in [5, 5.41) is 21.9. The highest BCUT2D eigenvalue weighted by Gasteiger charge is 2.64. The zero-order chi connectivity index (χ0) is 24.7. The number of nitrogens with zero attached hydrogens (tertiary/aromatic N) is 4. The number of amides is 1. The van der Waals surface area contributed by atoms with Gasteiger partial charge in [0, 0.05) is 60.9 Å². The molecule has 1 aliphatic heterocycles. The van der Waals surface area contributed by atoms with Crippen molar-refractivity contribution in [3.8, 4) is 11.8 Å². The van der Waals surface area contributed by atoms with Crippen LogP contribution in [-0.2, 0) is 0 Å². The second-order valence-corrected chi connectivity index (χ2v) is 10.8. The number of aromatic nitrogens is 2. The number of halogens is 1. The lowest BCUT2D eigenvalue weighted by Gasteiger charge is -2.63. The number of hydrogen-bond donors (Lipinski definition) is 2. The highest BCUT2D eigenvalue weighted by atomic mass is 35.5. The zero-order valence-corrected chi connectivity index (χ0v) is 20.6. The van der Waals surface area contributed by atoms with Crippen LogP contribution in [0, 0.1) is 28.1 Å². The summed E-state index contributed by atoms with van der Waals surface area (Å²) in [5.41, 5.74) is 0.0960. The van der Waals surface area contributed by atoms with Crippen molar-refractivity contribution in [2.75, 3.05) is 24.6 Å². The van der Waals surface area contributed by atoms with E-state index in [1.54, 1.807) is 30.6 Å². The molecule has 0 spiro atoms. The van der Waals surface area contributed by atoms with E-state index in [0.717, 1.165) is 19.5 Å². The molecule has 1 saturated carbocycles.